The van der Waals surface area contributed by atoms with Crippen LogP contribution in [0.2, 0.25) is 0 Å². The van der Waals surface area contributed by atoms with E-state index in [9.17, 15) is 18.0 Å². The predicted octanol–water partition coefficient (Wildman–Crippen LogP) is 3.85. The Morgan fingerprint density at radius 1 is 0.909 bits per heavy atom. The smallest absolute Gasteiger partial charge is 0.243 e. The van der Waals surface area contributed by atoms with Gasteiger partial charge in [0.25, 0.3) is 0 Å². The van der Waals surface area contributed by atoms with Crippen molar-refractivity contribution in [2.75, 3.05) is 18.4 Å². The van der Waals surface area contributed by atoms with Crippen molar-refractivity contribution >= 4 is 27.5 Å². The number of aryl methyl sites for hydroxylation is 1. The number of benzene rings is 2. The summed E-state index contributed by atoms with van der Waals surface area (Å²) in [5.74, 6) is -0.103. The van der Waals surface area contributed by atoms with Gasteiger partial charge in [-0.1, -0.05) is 37.6 Å². The average molecular weight is 472 g/mol. The summed E-state index contributed by atoms with van der Waals surface area (Å²) >= 11 is 0. The molecular weight excluding hydrogens is 438 g/mol. The van der Waals surface area contributed by atoms with E-state index >= 15 is 0 Å². The molecule has 0 aromatic heterocycles. The van der Waals surface area contributed by atoms with Crippen LogP contribution in [-0.2, 0) is 32.6 Å². The molecule has 3 rings (SSSR count). The van der Waals surface area contributed by atoms with Crippen molar-refractivity contribution in [2.45, 2.75) is 63.3 Å². The van der Waals surface area contributed by atoms with Gasteiger partial charge in [0.2, 0.25) is 21.8 Å². The minimum absolute atomic E-state index is 0.0200. The van der Waals surface area contributed by atoms with Crippen LogP contribution in [-0.4, -0.2) is 37.6 Å². The van der Waals surface area contributed by atoms with E-state index in [0.29, 0.717) is 43.8 Å². The van der Waals surface area contributed by atoms with E-state index < -0.39 is 10.0 Å². The lowest BCUT2D eigenvalue weighted by Gasteiger charge is -2.25. The maximum absolute atomic E-state index is 12.7. The number of hydrogen-bond acceptors (Lipinski definition) is 4. The Balaban J connectivity index is 1.47. The van der Waals surface area contributed by atoms with Gasteiger partial charge in [-0.15, -0.1) is 0 Å². The molecule has 33 heavy (non-hydrogen) atoms. The molecular formula is C25H33N3O4S. The number of nitrogens with zero attached hydrogens (tertiary/aromatic N) is 1. The fourth-order valence-corrected chi connectivity index (χ4v) is 5.36. The lowest BCUT2D eigenvalue weighted by atomic mass is 10.1. The number of anilines is 1. The number of sulfonamides is 1. The normalized spacial score (nSPS) is 14.6. The number of rotatable bonds is 10. The van der Waals surface area contributed by atoms with Crippen LogP contribution < -0.4 is 10.6 Å². The number of nitrogens with one attached hydrogen (secondary N) is 2. The molecule has 0 saturated carbocycles. The summed E-state index contributed by atoms with van der Waals surface area (Å²) in [6.45, 7) is 3.50. The first kappa shape index (κ1) is 24.9. The number of amides is 2. The van der Waals surface area contributed by atoms with Crippen molar-refractivity contribution in [3.05, 3.63) is 59.7 Å². The van der Waals surface area contributed by atoms with Gasteiger partial charge in [0.05, 0.1) is 4.90 Å². The molecule has 0 unspecified atom stereocenters. The molecule has 1 saturated heterocycles. The van der Waals surface area contributed by atoms with Gasteiger partial charge in [-0.25, -0.2) is 8.42 Å². The molecule has 1 aliphatic heterocycles. The predicted molar refractivity (Wildman–Crippen MR) is 129 cm³/mol. The van der Waals surface area contributed by atoms with Crippen molar-refractivity contribution in [1.29, 1.82) is 0 Å². The van der Waals surface area contributed by atoms with Crippen molar-refractivity contribution < 1.29 is 18.0 Å². The monoisotopic (exact) mass is 471 g/mol. The minimum Gasteiger partial charge on any atom is -0.352 e. The maximum atomic E-state index is 12.7. The number of piperidine rings is 1. The third-order valence-corrected chi connectivity index (χ3v) is 7.61. The van der Waals surface area contributed by atoms with Crippen LogP contribution in [0.25, 0.3) is 0 Å². The SMILES string of the molecule is CCCC(=O)Nc1cccc(CNC(=O)CCc2ccc(S(=O)(=O)N3CCCCC3)cc2)c1. The molecule has 8 heteroatoms. The third-order valence-electron chi connectivity index (χ3n) is 5.69. The van der Waals surface area contributed by atoms with Gasteiger partial charge in [0.15, 0.2) is 0 Å². The number of hydrogen-bond donors (Lipinski definition) is 2. The summed E-state index contributed by atoms with van der Waals surface area (Å²) in [6, 6.07) is 14.3. The molecule has 0 aliphatic carbocycles. The minimum atomic E-state index is -3.44. The zero-order valence-corrected chi connectivity index (χ0v) is 20.0. The van der Waals surface area contributed by atoms with E-state index in [-0.39, 0.29) is 11.8 Å². The van der Waals surface area contributed by atoms with Crippen LogP contribution in [0.5, 0.6) is 0 Å². The van der Waals surface area contributed by atoms with Crippen molar-refractivity contribution in [1.82, 2.24) is 9.62 Å². The lowest BCUT2D eigenvalue weighted by molar-refractivity contribution is -0.121. The van der Waals surface area contributed by atoms with E-state index in [1.165, 1.54) is 0 Å². The topological polar surface area (TPSA) is 95.6 Å². The van der Waals surface area contributed by atoms with Gasteiger partial charge in [-0.3, -0.25) is 9.59 Å². The van der Waals surface area contributed by atoms with Gasteiger partial charge in [0, 0.05) is 38.2 Å². The van der Waals surface area contributed by atoms with Gasteiger partial charge < -0.3 is 10.6 Å². The lowest BCUT2D eigenvalue weighted by Crippen LogP contribution is -2.35. The molecule has 2 aromatic rings. The summed E-state index contributed by atoms with van der Waals surface area (Å²) in [4.78, 5) is 24.3. The van der Waals surface area contributed by atoms with Gasteiger partial charge in [0.1, 0.15) is 0 Å². The molecule has 1 heterocycles. The zero-order chi connectivity index (χ0) is 23.7. The molecule has 1 fully saturated rings. The molecule has 0 radical (unpaired) electrons. The maximum Gasteiger partial charge on any atom is 0.243 e. The highest BCUT2D eigenvalue weighted by Gasteiger charge is 2.25. The average Bonchev–Trinajstić information content (AvgIpc) is 2.82. The first-order valence-corrected chi connectivity index (χ1v) is 13.1. The molecule has 178 valence electrons. The van der Waals surface area contributed by atoms with Crippen LogP contribution in [0, 0.1) is 0 Å². The van der Waals surface area contributed by atoms with Crippen LogP contribution in [0.4, 0.5) is 5.69 Å². The van der Waals surface area contributed by atoms with E-state index in [4.69, 9.17) is 0 Å². The Labute approximate surface area is 196 Å². The highest BCUT2D eigenvalue weighted by molar-refractivity contribution is 7.89. The first-order chi connectivity index (χ1) is 15.9. The molecule has 7 nitrogen and oxygen atoms in total. The Bertz CT molecular complexity index is 1050. The van der Waals surface area contributed by atoms with Crippen LogP contribution in [0.15, 0.2) is 53.4 Å². The first-order valence-electron chi connectivity index (χ1n) is 11.6. The number of carbonyl (C=O) groups is 2. The molecule has 2 amide bonds. The molecule has 0 atom stereocenters. The quantitative estimate of drug-likeness (QED) is 0.550. The van der Waals surface area contributed by atoms with Gasteiger partial charge in [-0.2, -0.15) is 4.31 Å². The Hall–Kier alpha value is -2.71. The van der Waals surface area contributed by atoms with Gasteiger partial charge in [-0.05, 0) is 61.1 Å². The van der Waals surface area contributed by atoms with E-state index in [2.05, 4.69) is 10.6 Å². The molecule has 2 aromatic carbocycles. The van der Waals surface area contributed by atoms with Gasteiger partial charge >= 0.3 is 0 Å². The summed E-state index contributed by atoms with van der Waals surface area (Å²) < 4.78 is 27.0. The second kappa shape index (κ2) is 12.0. The fourth-order valence-electron chi connectivity index (χ4n) is 3.84. The largest absolute Gasteiger partial charge is 0.352 e. The van der Waals surface area contributed by atoms with Crippen molar-refractivity contribution in [3.63, 3.8) is 0 Å². The molecule has 2 N–H and O–H groups in total. The highest BCUT2D eigenvalue weighted by Crippen LogP contribution is 2.21. The molecule has 1 aliphatic rings. The van der Waals surface area contributed by atoms with E-state index in [1.54, 1.807) is 28.6 Å². The standard InChI is InChI=1S/C25H33N3O4S/c1-2-7-25(30)27-22-9-6-8-21(18-22)19-26-24(29)15-12-20-10-13-23(14-11-20)33(31,32)28-16-4-3-5-17-28/h6,8-11,13-14,18H,2-5,7,12,15-17,19H2,1H3,(H,26,29)(H,27,30). The van der Waals surface area contributed by atoms with Crippen molar-refractivity contribution in [3.8, 4) is 0 Å². The molecule has 0 bridgehead atoms. The Morgan fingerprint density at radius 2 is 1.64 bits per heavy atom. The highest BCUT2D eigenvalue weighted by atomic mass is 32.2. The fraction of sp³-hybridized carbons (Fsp3) is 0.440. The Kier molecular flexibility index (Phi) is 9.03. The summed E-state index contributed by atoms with van der Waals surface area (Å²) in [5, 5.41) is 5.76. The Morgan fingerprint density at radius 3 is 2.33 bits per heavy atom. The van der Waals surface area contributed by atoms with Crippen LogP contribution in [0.3, 0.4) is 0 Å². The van der Waals surface area contributed by atoms with Crippen LogP contribution >= 0.6 is 0 Å². The van der Waals surface area contributed by atoms with E-state index in [0.717, 1.165) is 42.5 Å². The van der Waals surface area contributed by atoms with E-state index in [1.807, 2.05) is 31.2 Å². The van der Waals surface area contributed by atoms with Crippen molar-refractivity contribution in [2.24, 2.45) is 0 Å². The zero-order valence-electron chi connectivity index (χ0n) is 19.2. The second-order valence-electron chi connectivity index (χ2n) is 8.38. The van der Waals surface area contributed by atoms with Crippen LogP contribution in [0.1, 0.15) is 56.6 Å². The molecule has 0 spiro atoms. The number of carbonyl (C=O) groups excluding carboxylic acids is 2. The third kappa shape index (κ3) is 7.40. The second-order valence-corrected chi connectivity index (χ2v) is 10.3. The summed E-state index contributed by atoms with van der Waals surface area (Å²) in [5.41, 5.74) is 2.55. The summed E-state index contributed by atoms with van der Waals surface area (Å²) in [7, 11) is -3.44. The summed E-state index contributed by atoms with van der Waals surface area (Å²) in [6.07, 6.45) is 5.00.